The zero-order chi connectivity index (χ0) is 14.2. The van der Waals surface area contributed by atoms with Crippen LogP contribution in [0.25, 0.3) is 0 Å². The first-order valence-electron chi connectivity index (χ1n) is 8.20. The highest BCUT2D eigenvalue weighted by molar-refractivity contribution is 5.80. The van der Waals surface area contributed by atoms with Crippen molar-refractivity contribution in [3.05, 3.63) is 0 Å². The van der Waals surface area contributed by atoms with Crippen molar-refractivity contribution in [3.8, 4) is 0 Å². The van der Waals surface area contributed by atoms with Gasteiger partial charge in [0.25, 0.3) is 0 Å². The fraction of sp³-hybridized carbons (Fsp3) is 0.938. The van der Waals surface area contributed by atoms with Crippen molar-refractivity contribution in [2.24, 2.45) is 16.7 Å². The zero-order valence-corrected chi connectivity index (χ0v) is 13.0. The smallest absolute Gasteiger partial charge is 0.225 e. The number of amides is 1. The highest BCUT2D eigenvalue weighted by Gasteiger charge is 2.48. The van der Waals surface area contributed by atoms with Crippen LogP contribution in [0.4, 0.5) is 0 Å². The van der Waals surface area contributed by atoms with Gasteiger partial charge in [0.2, 0.25) is 5.91 Å². The minimum absolute atomic E-state index is 0.197. The Morgan fingerprint density at radius 3 is 2.50 bits per heavy atom. The molecule has 0 radical (unpaired) electrons. The topological polar surface area (TPSA) is 44.4 Å². The molecule has 3 rings (SSSR count). The summed E-state index contributed by atoms with van der Waals surface area (Å²) >= 11 is 0. The van der Waals surface area contributed by atoms with Gasteiger partial charge in [0.1, 0.15) is 0 Å². The van der Waals surface area contributed by atoms with E-state index in [0.29, 0.717) is 17.2 Å². The molecule has 1 aliphatic carbocycles. The lowest BCUT2D eigenvalue weighted by Crippen LogP contribution is -2.52. The van der Waals surface area contributed by atoms with Crippen LogP contribution in [-0.4, -0.2) is 50.1 Å². The molecule has 2 aliphatic heterocycles. The molecule has 2 heterocycles. The van der Waals surface area contributed by atoms with Gasteiger partial charge in [0.05, 0.1) is 0 Å². The van der Waals surface area contributed by atoms with Crippen LogP contribution in [0.3, 0.4) is 0 Å². The first-order chi connectivity index (χ1) is 9.50. The summed E-state index contributed by atoms with van der Waals surface area (Å²) in [5.41, 5.74) is 0.702. The van der Waals surface area contributed by atoms with Crippen molar-refractivity contribution in [3.63, 3.8) is 0 Å². The molecule has 1 amide bonds. The molecule has 0 unspecified atom stereocenters. The van der Waals surface area contributed by atoms with E-state index < -0.39 is 0 Å². The molecule has 0 aromatic heterocycles. The summed E-state index contributed by atoms with van der Waals surface area (Å²) in [6.07, 6.45) is 4.81. The van der Waals surface area contributed by atoms with Gasteiger partial charge >= 0.3 is 0 Å². The van der Waals surface area contributed by atoms with Gasteiger partial charge in [-0.1, -0.05) is 13.8 Å². The second-order valence-corrected chi connectivity index (χ2v) is 7.96. The number of carbonyl (C=O) groups is 1. The quantitative estimate of drug-likeness (QED) is 0.759. The molecule has 4 nitrogen and oxygen atoms in total. The maximum absolute atomic E-state index is 12.7. The standard InChI is InChI=1S/C16H29N3O/c1-15(2)11-18-7-8-19(12-15)14(20)13-9-16(10-13)3-5-17-6-4-16/h13,17-18H,3-12H2,1-2H3. The van der Waals surface area contributed by atoms with Crippen molar-refractivity contribution in [1.82, 2.24) is 15.5 Å². The predicted molar refractivity (Wildman–Crippen MR) is 80.5 cm³/mol. The van der Waals surface area contributed by atoms with Crippen LogP contribution in [0.15, 0.2) is 0 Å². The molecule has 2 saturated heterocycles. The fourth-order valence-electron chi connectivity index (χ4n) is 4.26. The van der Waals surface area contributed by atoms with Gasteiger partial charge in [0, 0.05) is 32.1 Å². The molecule has 4 heteroatoms. The third-order valence-electron chi connectivity index (χ3n) is 5.46. The lowest BCUT2D eigenvalue weighted by molar-refractivity contribution is -0.145. The Morgan fingerprint density at radius 2 is 1.80 bits per heavy atom. The Labute approximate surface area is 122 Å². The van der Waals surface area contributed by atoms with E-state index in [1.54, 1.807) is 0 Å². The summed E-state index contributed by atoms with van der Waals surface area (Å²) in [5.74, 6) is 0.730. The minimum Gasteiger partial charge on any atom is -0.341 e. The zero-order valence-electron chi connectivity index (χ0n) is 13.0. The molecule has 1 saturated carbocycles. The van der Waals surface area contributed by atoms with Crippen molar-refractivity contribution < 1.29 is 4.79 Å². The fourth-order valence-corrected chi connectivity index (χ4v) is 4.26. The molecule has 0 atom stereocenters. The molecular weight excluding hydrogens is 250 g/mol. The first kappa shape index (κ1) is 14.3. The summed E-state index contributed by atoms with van der Waals surface area (Å²) in [4.78, 5) is 14.9. The van der Waals surface area contributed by atoms with Crippen molar-refractivity contribution in [2.75, 3.05) is 39.3 Å². The van der Waals surface area contributed by atoms with E-state index in [-0.39, 0.29) is 5.41 Å². The number of nitrogens with zero attached hydrogens (tertiary/aromatic N) is 1. The Bertz CT molecular complexity index is 366. The Kier molecular flexibility index (Phi) is 3.80. The van der Waals surface area contributed by atoms with E-state index in [9.17, 15) is 4.79 Å². The van der Waals surface area contributed by atoms with Crippen molar-refractivity contribution in [1.29, 1.82) is 0 Å². The van der Waals surface area contributed by atoms with E-state index in [4.69, 9.17) is 0 Å². The monoisotopic (exact) mass is 279 g/mol. The number of hydrogen-bond donors (Lipinski definition) is 2. The van der Waals surface area contributed by atoms with E-state index in [1.165, 1.54) is 12.8 Å². The molecule has 3 fully saturated rings. The maximum Gasteiger partial charge on any atom is 0.225 e. The van der Waals surface area contributed by atoms with Crippen LogP contribution < -0.4 is 10.6 Å². The molecule has 2 N–H and O–H groups in total. The molecule has 0 aromatic rings. The third-order valence-corrected chi connectivity index (χ3v) is 5.46. The van der Waals surface area contributed by atoms with Gasteiger partial charge in [-0.05, 0) is 49.6 Å². The summed E-state index contributed by atoms with van der Waals surface area (Å²) in [6, 6.07) is 0. The SMILES string of the molecule is CC1(C)CNCCN(C(=O)C2CC3(CCNCC3)C2)C1. The number of rotatable bonds is 1. The summed E-state index contributed by atoms with van der Waals surface area (Å²) in [6.45, 7) is 10.5. The van der Waals surface area contributed by atoms with E-state index >= 15 is 0 Å². The second kappa shape index (κ2) is 5.30. The van der Waals surface area contributed by atoms with Crippen LogP contribution in [0.2, 0.25) is 0 Å². The maximum atomic E-state index is 12.7. The van der Waals surface area contributed by atoms with Gasteiger partial charge in [-0.15, -0.1) is 0 Å². The van der Waals surface area contributed by atoms with E-state index in [2.05, 4.69) is 29.4 Å². The van der Waals surface area contributed by atoms with Crippen molar-refractivity contribution >= 4 is 5.91 Å². The molecule has 0 bridgehead atoms. The van der Waals surface area contributed by atoms with Crippen LogP contribution in [0, 0.1) is 16.7 Å². The Balaban J connectivity index is 1.57. The number of hydrogen-bond acceptors (Lipinski definition) is 3. The van der Waals surface area contributed by atoms with Crippen molar-refractivity contribution in [2.45, 2.75) is 39.5 Å². The Morgan fingerprint density at radius 1 is 1.10 bits per heavy atom. The number of nitrogens with one attached hydrogen (secondary N) is 2. The first-order valence-corrected chi connectivity index (χ1v) is 8.20. The third kappa shape index (κ3) is 2.86. The summed E-state index contributed by atoms with van der Waals surface area (Å²) < 4.78 is 0. The normalized spacial score (nSPS) is 29.8. The molecule has 1 spiro atoms. The summed E-state index contributed by atoms with van der Waals surface area (Å²) in [7, 11) is 0. The number of piperidine rings is 1. The largest absolute Gasteiger partial charge is 0.341 e. The van der Waals surface area contributed by atoms with Gasteiger partial charge in [0.15, 0.2) is 0 Å². The Hall–Kier alpha value is -0.610. The van der Waals surface area contributed by atoms with Gasteiger partial charge in [-0.3, -0.25) is 4.79 Å². The van der Waals surface area contributed by atoms with E-state index in [1.807, 2.05) is 0 Å². The van der Waals surface area contributed by atoms with Crippen LogP contribution >= 0.6 is 0 Å². The molecular formula is C16H29N3O. The van der Waals surface area contributed by atoms with Crippen LogP contribution in [-0.2, 0) is 4.79 Å². The summed E-state index contributed by atoms with van der Waals surface area (Å²) in [5, 5.41) is 6.88. The molecule has 114 valence electrons. The lowest BCUT2D eigenvalue weighted by atomic mass is 9.57. The van der Waals surface area contributed by atoms with Crippen LogP contribution in [0.1, 0.15) is 39.5 Å². The van der Waals surface area contributed by atoms with Gasteiger partial charge < -0.3 is 15.5 Å². The predicted octanol–water partition coefficient (Wildman–Crippen LogP) is 1.22. The molecule has 3 aliphatic rings. The number of carbonyl (C=O) groups excluding carboxylic acids is 1. The highest BCUT2D eigenvalue weighted by Crippen LogP contribution is 2.52. The molecule has 20 heavy (non-hydrogen) atoms. The lowest BCUT2D eigenvalue weighted by Gasteiger charge is -2.50. The average Bonchev–Trinajstić information content (AvgIpc) is 2.57. The van der Waals surface area contributed by atoms with Gasteiger partial charge in [-0.25, -0.2) is 0 Å². The van der Waals surface area contributed by atoms with Crippen LogP contribution in [0.5, 0.6) is 0 Å². The minimum atomic E-state index is 0.197. The van der Waals surface area contributed by atoms with Gasteiger partial charge in [-0.2, -0.15) is 0 Å². The highest BCUT2D eigenvalue weighted by atomic mass is 16.2. The second-order valence-electron chi connectivity index (χ2n) is 7.96. The van der Waals surface area contributed by atoms with E-state index in [0.717, 1.165) is 52.1 Å². The molecule has 0 aromatic carbocycles. The average molecular weight is 279 g/mol.